The third-order valence-electron chi connectivity index (χ3n) is 3.71. The van der Waals surface area contributed by atoms with Crippen LogP contribution < -0.4 is 0 Å². The van der Waals surface area contributed by atoms with Crippen molar-refractivity contribution < 1.29 is 9.21 Å². The molecule has 0 radical (unpaired) electrons. The first-order chi connectivity index (χ1) is 10.6. The van der Waals surface area contributed by atoms with Crippen LogP contribution in [0, 0.1) is 12.8 Å². The molecule has 0 N–H and O–H groups in total. The lowest BCUT2D eigenvalue weighted by atomic mass is 10.3. The lowest BCUT2D eigenvalue weighted by Crippen LogP contribution is -2.28. The molecule has 1 amide bonds. The Hall–Kier alpha value is -2.37. The van der Waals surface area contributed by atoms with Gasteiger partial charge in [0.05, 0.1) is 19.3 Å². The summed E-state index contributed by atoms with van der Waals surface area (Å²) in [5.74, 6) is 2.17. The van der Waals surface area contributed by atoms with Crippen LogP contribution >= 0.6 is 0 Å². The fraction of sp³-hybridized carbons (Fsp3) is 0.438. The van der Waals surface area contributed by atoms with Gasteiger partial charge in [0.15, 0.2) is 0 Å². The molecular weight excluding hydrogens is 280 g/mol. The zero-order chi connectivity index (χ0) is 15.5. The van der Waals surface area contributed by atoms with Crippen molar-refractivity contribution in [2.24, 2.45) is 5.92 Å². The van der Waals surface area contributed by atoms with Gasteiger partial charge in [0, 0.05) is 6.54 Å². The summed E-state index contributed by atoms with van der Waals surface area (Å²) in [5, 5.41) is 8.28. The van der Waals surface area contributed by atoms with E-state index < -0.39 is 0 Å². The van der Waals surface area contributed by atoms with Crippen LogP contribution in [0.3, 0.4) is 0 Å². The van der Waals surface area contributed by atoms with Gasteiger partial charge in [-0.05, 0) is 43.9 Å². The van der Waals surface area contributed by atoms with Crippen molar-refractivity contribution in [1.82, 2.24) is 19.9 Å². The highest BCUT2D eigenvalue weighted by Crippen LogP contribution is 2.30. The summed E-state index contributed by atoms with van der Waals surface area (Å²) >= 11 is 0. The Morgan fingerprint density at radius 2 is 2.32 bits per heavy atom. The number of amides is 1. The Bertz CT molecular complexity index is 669. The average Bonchev–Trinajstić information content (AvgIpc) is 3.05. The molecule has 1 aliphatic rings. The molecular formula is C16H20N4O2. The van der Waals surface area contributed by atoms with Gasteiger partial charge in [0.1, 0.15) is 17.2 Å². The van der Waals surface area contributed by atoms with Gasteiger partial charge >= 0.3 is 0 Å². The molecule has 0 unspecified atom stereocenters. The molecule has 0 saturated heterocycles. The zero-order valence-corrected chi connectivity index (χ0v) is 12.7. The van der Waals surface area contributed by atoms with E-state index in [0.717, 1.165) is 29.7 Å². The van der Waals surface area contributed by atoms with Gasteiger partial charge in [-0.2, -0.15) is 0 Å². The van der Waals surface area contributed by atoms with Crippen molar-refractivity contribution in [3.05, 3.63) is 48.2 Å². The SMILES string of the molecule is C=CC(=O)N(Cc1cn(CC2CC2)nn1)Cc1ccc(C)o1. The first-order valence-electron chi connectivity index (χ1n) is 7.49. The molecule has 2 heterocycles. The van der Waals surface area contributed by atoms with Crippen molar-refractivity contribution >= 4 is 5.91 Å². The fourth-order valence-electron chi connectivity index (χ4n) is 2.36. The summed E-state index contributed by atoms with van der Waals surface area (Å²) in [6.07, 6.45) is 5.77. The standard InChI is InChI=1S/C16H20N4O2/c1-3-16(21)19(11-15-7-4-12(2)22-15)9-14-10-20(18-17-14)8-13-5-6-13/h3-4,7,10,13H,1,5-6,8-9,11H2,2H3. The normalized spacial score (nSPS) is 14.0. The van der Waals surface area contributed by atoms with Gasteiger partial charge in [0.2, 0.25) is 5.91 Å². The van der Waals surface area contributed by atoms with Crippen molar-refractivity contribution in [2.75, 3.05) is 0 Å². The van der Waals surface area contributed by atoms with Crippen molar-refractivity contribution in [3.63, 3.8) is 0 Å². The van der Waals surface area contributed by atoms with E-state index in [2.05, 4.69) is 16.9 Å². The Morgan fingerprint density at radius 1 is 1.50 bits per heavy atom. The van der Waals surface area contributed by atoms with E-state index >= 15 is 0 Å². The first-order valence-corrected chi connectivity index (χ1v) is 7.49. The maximum absolute atomic E-state index is 12.0. The van der Waals surface area contributed by atoms with E-state index in [4.69, 9.17) is 4.42 Å². The van der Waals surface area contributed by atoms with E-state index in [1.54, 1.807) is 4.90 Å². The maximum Gasteiger partial charge on any atom is 0.246 e. The minimum absolute atomic E-state index is 0.147. The van der Waals surface area contributed by atoms with E-state index in [0.29, 0.717) is 13.1 Å². The smallest absolute Gasteiger partial charge is 0.246 e. The zero-order valence-electron chi connectivity index (χ0n) is 12.7. The Kier molecular flexibility index (Phi) is 4.09. The molecule has 116 valence electrons. The summed E-state index contributed by atoms with van der Waals surface area (Å²) in [7, 11) is 0. The lowest BCUT2D eigenvalue weighted by Gasteiger charge is -2.18. The third kappa shape index (κ3) is 3.63. The number of aryl methyl sites for hydroxylation is 1. The van der Waals surface area contributed by atoms with E-state index in [9.17, 15) is 4.79 Å². The highest BCUT2D eigenvalue weighted by Gasteiger charge is 2.22. The summed E-state index contributed by atoms with van der Waals surface area (Å²) < 4.78 is 7.40. The minimum atomic E-state index is -0.147. The molecule has 1 fully saturated rings. The highest BCUT2D eigenvalue weighted by molar-refractivity contribution is 5.86. The van der Waals surface area contributed by atoms with E-state index in [1.165, 1.54) is 18.9 Å². The molecule has 6 nitrogen and oxygen atoms in total. The number of rotatable bonds is 7. The molecule has 6 heteroatoms. The predicted octanol–water partition coefficient (Wildman–Crippen LogP) is 2.30. The van der Waals surface area contributed by atoms with Crippen molar-refractivity contribution in [1.29, 1.82) is 0 Å². The molecule has 0 atom stereocenters. The summed E-state index contributed by atoms with van der Waals surface area (Å²) in [6, 6.07) is 3.76. The Morgan fingerprint density at radius 3 is 2.95 bits per heavy atom. The number of furan rings is 1. The quantitative estimate of drug-likeness (QED) is 0.736. The second-order valence-corrected chi connectivity index (χ2v) is 5.79. The van der Waals surface area contributed by atoms with Gasteiger partial charge in [-0.25, -0.2) is 0 Å². The number of nitrogens with zero attached hydrogens (tertiary/aromatic N) is 4. The monoisotopic (exact) mass is 300 g/mol. The molecule has 2 aromatic heterocycles. The van der Waals surface area contributed by atoms with Gasteiger partial charge in [-0.1, -0.05) is 11.8 Å². The van der Waals surface area contributed by atoms with Crippen LogP contribution in [0.15, 0.2) is 35.4 Å². The van der Waals surface area contributed by atoms with Crippen LogP contribution in [0.1, 0.15) is 30.1 Å². The van der Waals surface area contributed by atoms with Gasteiger partial charge < -0.3 is 9.32 Å². The van der Waals surface area contributed by atoms with Crippen molar-refractivity contribution in [3.8, 4) is 0 Å². The number of aromatic nitrogens is 3. The van der Waals surface area contributed by atoms with Crippen LogP contribution in [0.25, 0.3) is 0 Å². The molecule has 0 aliphatic heterocycles. The Balaban J connectivity index is 1.67. The van der Waals surface area contributed by atoms with Gasteiger partial charge in [-0.3, -0.25) is 9.48 Å². The Labute approximate surface area is 129 Å². The molecule has 3 rings (SSSR count). The molecule has 1 aliphatic carbocycles. The molecule has 2 aromatic rings. The number of carbonyl (C=O) groups is 1. The van der Waals surface area contributed by atoms with Crippen LogP contribution in [-0.4, -0.2) is 25.8 Å². The maximum atomic E-state index is 12.0. The summed E-state index contributed by atoms with van der Waals surface area (Å²) in [6.45, 7) is 7.15. The number of carbonyl (C=O) groups excluding carboxylic acids is 1. The van der Waals surface area contributed by atoms with Gasteiger partial charge in [-0.15, -0.1) is 5.10 Å². The first kappa shape index (κ1) is 14.6. The highest BCUT2D eigenvalue weighted by atomic mass is 16.3. The third-order valence-corrected chi connectivity index (χ3v) is 3.71. The minimum Gasteiger partial charge on any atom is -0.464 e. The summed E-state index contributed by atoms with van der Waals surface area (Å²) in [5.41, 5.74) is 0.777. The lowest BCUT2D eigenvalue weighted by molar-refractivity contribution is -0.127. The van der Waals surface area contributed by atoms with Crippen LogP contribution in [0.4, 0.5) is 0 Å². The molecule has 22 heavy (non-hydrogen) atoms. The average molecular weight is 300 g/mol. The van der Waals surface area contributed by atoms with Crippen LogP contribution in [-0.2, 0) is 24.4 Å². The predicted molar refractivity (Wildman–Crippen MR) is 80.6 cm³/mol. The largest absolute Gasteiger partial charge is 0.464 e. The number of hydrogen-bond acceptors (Lipinski definition) is 4. The van der Waals surface area contributed by atoms with Gasteiger partial charge in [0.25, 0.3) is 0 Å². The fourth-order valence-corrected chi connectivity index (χ4v) is 2.36. The van der Waals surface area contributed by atoms with E-state index in [1.807, 2.05) is 29.9 Å². The molecule has 0 bridgehead atoms. The van der Waals surface area contributed by atoms with Crippen LogP contribution in [0.5, 0.6) is 0 Å². The molecule has 1 saturated carbocycles. The van der Waals surface area contributed by atoms with Crippen LogP contribution in [0.2, 0.25) is 0 Å². The second kappa shape index (κ2) is 6.17. The topological polar surface area (TPSA) is 64.2 Å². The van der Waals surface area contributed by atoms with Crippen molar-refractivity contribution in [2.45, 2.75) is 39.4 Å². The molecule has 0 aromatic carbocycles. The van der Waals surface area contributed by atoms with E-state index in [-0.39, 0.29) is 5.91 Å². The second-order valence-electron chi connectivity index (χ2n) is 5.79. The summed E-state index contributed by atoms with van der Waals surface area (Å²) in [4.78, 5) is 13.7. The molecule has 0 spiro atoms. The number of hydrogen-bond donors (Lipinski definition) is 0.